The Hall–Kier alpha value is 0.0800. The number of alkyl halides is 1. The van der Waals surface area contributed by atoms with Gasteiger partial charge in [-0.25, -0.2) is 0 Å². The Kier molecular flexibility index (Phi) is 7.53. The lowest BCUT2D eigenvalue weighted by atomic mass is 10.3. The molecule has 0 unspecified atom stereocenters. The van der Waals surface area contributed by atoms with Crippen LogP contribution < -0.4 is 5.32 Å². The van der Waals surface area contributed by atoms with Crippen LogP contribution in [0.1, 0.15) is 6.42 Å². The Morgan fingerprint density at radius 3 is 2.77 bits per heavy atom. The number of rotatable bonds is 4. The molecule has 0 amide bonds. The van der Waals surface area contributed by atoms with Crippen LogP contribution in [-0.4, -0.2) is 11.9 Å². The van der Waals surface area contributed by atoms with Crippen molar-refractivity contribution in [1.82, 2.24) is 0 Å². The summed E-state index contributed by atoms with van der Waals surface area (Å²) in [5.41, 5.74) is 1.09. The number of hydrogen-bond donors (Lipinski definition) is 1. The van der Waals surface area contributed by atoms with Crippen molar-refractivity contribution in [3.05, 3.63) is 29.3 Å². The molecule has 0 fully saturated rings. The van der Waals surface area contributed by atoms with Gasteiger partial charge in [-0.2, -0.15) is 0 Å². The first-order chi connectivity index (χ1) is 5.83. The van der Waals surface area contributed by atoms with Crippen molar-refractivity contribution in [2.24, 2.45) is 0 Å². The summed E-state index contributed by atoms with van der Waals surface area (Å²) >= 11 is 9.18. The maximum absolute atomic E-state index is 5.81. The fraction of sp³-hybridized carbons (Fsp3) is 0.333. The van der Waals surface area contributed by atoms with Crippen LogP contribution in [0.15, 0.2) is 24.3 Å². The maximum Gasteiger partial charge on any atom is 0.0426 e. The third kappa shape index (κ3) is 5.40. The van der Waals surface area contributed by atoms with Crippen molar-refractivity contribution in [2.45, 2.75) is 6.42 Å². The second-order valence-electron chi connectivity index (χ2n) is 2.48. The van der Waals surface area contributed by atoms with Gasteiger partial charge in [-0.15, -0.1) is 12.4 Å². The highest BCUT2D eigenvalue weighted by atomic mass is 79.9. The summed E-state index contributed by atoms with van der Waals surface area (Å²) in [4.78, 5) is 0. The van der Waals surface area contributed by atoms with Crippen LogP contribution in [0.5, 0.6) is 0 Å². The number of anilines is 1. The summed E-state index contributed by atoms with van der Waals surface area (Å²) in [5, 5.41) is 5.08. The van der Waals surface area contributed by atoms with E-state index in [2.05, 4.69) is 21.2 Å². The molecule has 0 radical (unpaired) electrons. The van der Waals surface area contributed by atoms with Gasteiger partial charge in [0.25, 0.3) is 0 Å². The predicted octanol–water partition coefficient (Wildman–Crippen LogP) is 3.96. The van der Waals surface area contributed by atoms with Crippen molar-refractivity contribution in [3.8, 4) is 0 Å². The molecule has 4 heteroatoms. The summed E-state index contributed by atoms with van der Waals surface area (Å²) in [6.45, 7) is 0.978. The summed E-state index contributed by atoms with van der Waals surface area (Å²) in [6, 6.07) is 7.76. The Morgan fingerprint density at radius 2 is 2.15 bits per heavy atom. The van der Waals surface area contributed by atoms with Gasteiger partial charge in [0.1, 0.15) is 0 Å². The molecule has 0 spiro atoms. The molecule has 1 aromatic carbocycles. The molecule has 0 aromatic heterocycles. The average Bonchev–Trinajstić information content (AvgIpc) is 2.05. The minimum Gasteiger partial charge on any atom is -0.385 e. The van der Waals surface area contributed by atoms with Crippen LogP contribution in [0.25, 0.3) is 0 Å². The van der Waals surface area contributed by atoms with E-state index >= 15 is 0 Å². The summed E-state index contributed by atoms with van der Waals surface area (Å²) in [6.07, 6.45) is 1.12. The Balaban J connectivity index is 0.00000144. The number of halogens is 3. The molecule has 0 bridgehead atoms. The van der Waals surface area contributed by atoms with Crippen LogP contribution in [0, 0.1) is 0 Å². The van der Waals surface area contributed by atoms with Gasteiger partial charge in [-0.05, 0) is 24.6 Å². The van der Waals surface area contributed by atoms with E-state index in [1.54, 1.807) is 0 Å². The molecule has 1 nitrogen and oxygen atoms in total. The molecule has 0 heterocycles. The van der Waals surface area contributed by atoms with Crippen molar-refractivity contribution < 1.29 is 0 Å². The van der Waals surface area contributed by atoms with E-state index in [-0.39, 0.29) is 12.4 Å². The van der Waals surface area contributed by atoms with Crippen LogP contribution in [0.2, 0.25) is 5.02 Å². The van der Waals surface area contributed by atoms with E-state index in [1.807, 2.05) is 24.3 Å². The molecule has 0 aliphatic heterocycles. The lowest BCUT2D eigenvalue weighted by Crippen LogP contribution is -2.01. The minimum absolute atomic E-state index is 0. The Bertz CT molecular complexity index is 243. The topological polar surface area (TPSA) is 12.0 Å². The summed E-state index contributed by atoms with van der Waals surface area (Å²) in [5.74, 6) is 0. The van der Waals surface area contributed by atoms with Gasteiger partial charge in [-0.1, -0.05) is 33.6 Å². The molecule has 0 saturated heterocycles. The molecule has 1 aromatic rings. The van der Waals surface area contributed by atoms with Crippen LogP contribution in [0.4, 0.5) is 5.69 Å². The van der Waals surface area contributed by atoms with Gasteiger partial charge in [0, 0.05) is 22.6 Å². The highest BCUT2D eigenvalue weighted by Gasteiger charge is 1.91. The summed E-state index contributed by atoms with van der Waals surface area (Å²) in [7, 11) is 0. The zero-order valence-electron chi connectivity index (χ0n) is 7.09. The zero-order valence-corrected chi connectivity index (χ0v) is 10.3. The van der Waals surface area contributed by atoms with Crippen molar-refractivity contribution in [3.63, 3.8) is 0 Å². The van der Waals surface area contributed by atoms with Gasteiger partial charge in [0.15, 0.2) is 0 Å². The van der Waals surface area contributed by atoms with Gasteiger partial charge in [0.2, 0.25) is 0 Å². The van der Waals surface area contributed by atoms with E-state index in [0.717, 1.165) is 29.0 Å². The molecule has 0 atom stereocenters. The lowest BCUT2D eigenvalue weighted by molar-refractivity contribution is 0.999. The van der Waals surface area contributed by atoms with Crippen LogP contribution in [0.3, 0.4) is 0 Å². The molecular weight excluding hydrogens is 273 g/mol. The van der Waals surface area contributed by atoms with E-state index < -0.39 is 0 Å². The average molecular weight is 285 g/mol. The molecule has 74 valence electrons. The van der Waals surface area contributed by atoms with E-state index in [1.165, 1.54) is 0 Å². The van der Waals surface area contributed by atoms with E-state index in [0.29, 0.717) is 0 Å². The Labute approximate surface area is 98.4 Å². The largest absolute Gasteiger partial charge is 0.385 e. The monoisotopic (exact) mass is 283 g/mol. The number of nitrogens with one attached hydrogen (secondary N) is 1. The summed E-state index contributed by atoms with van der Waals surface area (Å²) < 4.78 is 0. The van der Waals surface area contributed by atoms with Crippen molar-refractivity contribution in [2.75, 3.05) is 17.2 Å². The smallest absolute Gasteiger partial charge is 0.0426 e. The lowest BCUT2D eigenvalue weighted by Gasteiger charge is -2.04. The first-order valence-electron chi connectivity index (χ1n) is 3.88. The second-order valence-corrected chi connectivity index (χ2v) is 3.71. The first kappa shape index (κ1) is 13.1. The standard InChI is InChI=1S/C9H11BrClN.ClH/c10-5-2-6-12-9-4-1-3-8(11)7-9;/h1,3-4,7,12H,2,5-6H2;1H. The Morgan fingerprint density at radius 1 is 1.38 bits per heavy atom. The fourth-order valence-corrected chi connectivity index (χ4v) is 1.37. The van der Waals surface area contributed by atoms with Crippen molar-refractivity contribution in [1.29, 1.82) is 0 Å². The molecule has 1 rings (SSSR count). The zero-order chi connectivity index (χ0) is 8.81. The molecular formula is C9H12BrCl2N. The maximum atomic E-state index is 5.81. The van der Waals surface area contributed by atoms with E-state index in [4.69, 9.17) is 11.6 Å². The fourth-order valence-electron chi connectivity index (χ4n) is 0.898. The highest BCUT2D eigenvalue weighted by Crippen LogP contribution is 2.14. The van der Waals surface area contributed by atoms with E-state index in [9.17, 15) is 0 Å². The highest BCUT2D eigenvalue weighted by molar-refractivity contribution is 9.09. The van der Waals surface area contributed by atoms with Gasteiger partial charge >= 0.3 is 0 Å². The first-order valence-corrected chi connectivity index (χ1v) is 5.38. The minimum atomic E-state index is 0. The van der Waals surface area contributed by atoms with Gasteiger partial charge < -0.3 is 5.32 Å². The van der Waals surface area contributed by atoms with Gasteiger partial charge in [0.05, 0.1) is 0 Å². The number of benzene rings is 1. The molecule has 0 saturated carbocycles. The molecule has 1 N–H and O–H groups in total. The van der Waals surface area contributed by atoms with Crippen LogP contribution >= 0.6 is 39.9 Å². The normalized spacial score (nSPS) is 9.08. The molecule has 0 aliphatic rings. The second kappa shape index (κ2) is 7.48. The molecule has 13 heavy (non-hydrogen) atoms. The van der Waals surface area contributed by atoms with Crippen LogP contribution in [-0.2, 0) is 0 Å². The SMILES string of the molecule is Cl.Clc1cccc(NCCCBr)c1. The third-order valence-corrected chi connectivity index (χ3v) is 2.26. The third-order valence-electron chi connectivity index (χ3n) is 1.46. The predicted molar refractivity (Wildman–Crippen MR) is 65.6 cm³/mol. The number of hydrogen-bond acceptors (Lipinski definition) is 1. The van der Waals surface area contributed by atoms with Gasteiger partial charge in [-0.3, -0.25) is 0 Å². The quantitative estimate of drug-likeness (QED) is 0.652. The molecule has 0 aliphatic carbocycles. The van der Waals surface area contributed by atoms with Crippen molar-refractivity contribution >= 4 is 45.6 Å².